The molecule has 0 radical (unpaired) electrons. The van der Waals surface area contributed by atoms with Gasteiger partial charge >= 0.3 is 0 Å². The number of aromatic nitrogens is 1. The summed E-state index contributed by atoms with van der Waals surface area (Å²) in [6.45, 7) is 8.08. The van der Waals surface area contributed by atoms with Crippen LogP contribution >= 0.6 is 0 Å². The van der Waals surface area contributed by atoms with Gasteiger partial charge < -0.3 is 4.74 Å². The summed E-state index contributed by atoms with van der Waals surface area (Å²) in [5.41, 5.74) is 2.15. The van der Waals surface area contributed by atoms with Crippen LogP contribution < -0.4 is 9.46 Å². The van der Waals surface area contributed by atoms with Gasteiger partial charge in [-0.2, -0.15) is 0 Å². The summed E-state index contributed by atoms with van der Waals surface area (Å²) in [5.74, 6) is 0.702. The number of sulfonamides is 1. The summed E-state index contributed by atoms with van der Waals surface area (Å²) in [5, 5.41) is 0. The van der Waals surface area contributed by atoms with Gasteiger partial charge in [-0.1, -0.05) is 20.8 Å². The summed E-state index contributed by atoms with van der Waals surface area (Å²) in [6.07, 6.45) is 3.28. The zero-order valence-electron chi connectivity index (χ0n) is 14.8. The molecule has 0 aliphatic carbocycles. The fraction of sp³-hybridized carbons (Fsp3) is 0.389. The van der Waals surface area contributed by atoms with Crippen LogP contribution in [0, 0.1) is 6.92 Å². The first-order valence-electron chi connectivity index (χ1n) is 7.73. The lowest BCUT2D eigenvalue weighted by atomic mass is 9.86. The van der Waals surface area contributed by atoms with E-state index in [-0.39, 0.29) is 16.9 Å². The van der Waals surface area contributed by atoms with E-state index in [1.807, 2.05) is 20.8 Å². The molecule has 0 amide bonds. The van der Waals surface area contributed by atoms with E-state index in [2.05, 4.69) is 9.71 Å². The van der Waals surface area contributed by atoms with Gasteiger partial charge in [0, 0.05) is 24.5 Å². The van der Waals surface area contributed by atoms with E-state index in [0.717, 1.165) is 11.1 Å². The number of rotatable bonds is 5. The molecule has 0 spiro atoms. The van der Waals surface area contributed by atoms with Crippen LogP contribution in [0.3, 0.4) is 0 Å². The van der Waals surface area contributed by atoms with Gasteiger partial charge in [0.25, 0.3) is 0 Å². The summed E-state index contributed by atoms with van der Waals surface area (Å²) in [7, 11) is -2.03. The van der Waals surface area contributed by atoms with Gasteiger partial charge in [0.05, 0.1) is 12.0 Å². The van der Waals surface area contributed by atoms with Crippen LogP contribution in [0.25, 0.3) is 0 Å². The van der Waals surface area contributed by atoms with Crippen LogP contribution in [-0.4, -0.2) is 20.5 Å². The number of aryl methyl sites for hydroxylation is 1. The number of methoxy groups -OCH3 is 1. The number of nitrogens with zero attached hydrogens (tertiary/aromatic N) is 1. The summed E-state index contributed by atoms with van der Waals surface area (Å²) < 4.78 is 33.6. The number of benzene rings is 1. The Bertz CT molecular complexity index is 810. The topological polar surface area (TPSA) is 68.3 Å². The number of hydrogen-bond acceptors (Lipinski definition) is 4. The van der Waals surface area contributed by atoms with Crippen LogP contribution in [-0.2, 0) is 22.0 Å². The third-order valence-corrected chi connectivity index (χ3v) is 5.35. The predicted octanol–water partition coefficient (Wildman–Crippen LogP) is 3.17. The van der Waals surface area contributed by atoms with Crippen molar-refractivity contribution < 1.29 is 13.2 Å². The molecule has 2 rings (SSSR count). The highest BCUT2D eigenvalue weighted by atomic mass is 32.2. The van der Waals surface area contributed by atoms with E-state index in [1.54, 1.807) is 50.7 Å². The lowest BCUT2D eigenvalue weighted by molar-refractivity contribution is 0.396. The molecule has 0 aliphatic rings. The minimum absolute atomic E-state index is 0.223. The van der Waals surface area contributed by atoms with Crippen molar-refractivity contribution in [2.45, 2.75) is 44.6 Å². The molecule has 1 heterocycles. The Hall–Kier alpha value is -1.92. The van der Waals surface area contributed by atoms with Gasteiger partial charge in [0.2, 0.25) is 10.0 Å². The zero-order chi connectivity index (χ0) is 18.0. The molecule has 5 nitrogen and oxygen atoms in total. The van der Waals surface area contributed by atoms with E-state index in [4.69, 9.17) is 4.74 Å². The minimum atomic E-state index is -3.62. The molecule has 0 aliphatic heterocycles. The van der Waals surface area contributed by atoms with Gasteiger partial charge in [-0.25, -0.2) is 13.1 Å². The Kier molecular flexibility index (Phi) is 5.30. The molecule has 130 valence electrons. The monoisotopic (exact) mass is 348 g/mol. The quantitative estimate of drug-likeness (QED) is 0.901. The second-order valence-electron chi connectivity index (χ2n) is 6.75. The first-order valence-corrected chi connectivity index (χ1v) is 9.21. The van der Waals surface area contributed by atoms with Crippen molar-refractivity contribution in [3.8, 4) is 5.75 Å². The highest BCUT2D eigenvalue weighted by Crippen LogP contribution is 2.35. The number of ether oxygens (including phenoxy) is 1. The average molecular weight is 348 g/mol. The normalized spacial score (nSPS) is 12.2. The van der Waals surface area contributed by atoms with Gasteiger partial charge in [-0.15, -0.1) is 0 Å². The molecule has 1 N–H and O–H groups in total. The van der Waals surface area contributed by atoms with E-state index in [9.17, 15) is 8.42 Å². The van der Waals surface area contributed by atoms with Gasteiger partial charge in [-0.05, 0) is 47.7 Å². The SMILES string of the molecule is COc1cc(C)c(S(=O)(=O)NCc2ccncc2)cc1C(C)(C)C. The highest BCUT2D eigenvalue weighted by molar-refractivity contribution is 7.89. The molecule has 0 bridgehead atoms. The summed E-state index contributed by atoms with van der Waals surface area (Å²) in [6, 6.07) is 7.05. The third-order valence-electron chi connectivity index (χ3n) is 3.81. The van der Waals surface area contributed by atoms with E-state index in [1.165, 1.54) is 0 Å². The second-order valence-corrected chi connectivity index (χ2v) is 8.48. The Morgan fingerprint density at radius 1 is 1.17 bits per heavy atom. The Balaban J connectivity index is 2.39. The maximum atomic E-state index is 12.7. The minimum Gasteiger partial charge on any atom is -0.496 e. The van der Waals surface area contributed by atoms with Gasteiger partial charge in [0.1, 0.15) is 5.75 Å². The molecule has 24 heavy (non-hydrogen) atoms. The van der Waals surface area contributed by atoms with E-state index >= 15 is 0 Å². The van der Waals surface area contributed by atoms with Crippen molar-refractivity contribution in [1.82, 2.24) is 9.71 Å². The molecular formula is C18H24N2O3S. The van der Waals surface area contributed by atoms with E-state index < -0.39 is 10.0 Å². The standard InChI is InChI=1S/C18H24N2O3S/c1-13-10-16(23-5)15(18(2,3)4)11-17(13)24(21,22)20-12-14-6-8-19-9-7-14/h6-11,20H,12H2,1-5H3. The van der Waals surface area contributed by atoms with Gasteiger partial charge in [0.15, 0.2) is 0 Å². The lowest BCUT2D eigenvalue weighted by Crippen LogP contribution is -2.25. The first kappa shape index (κ1) is 18.4. The number of pyridine rings is 1. The molecule has 0 fully saturated rings. The lowest BCUT2D eigenvalue weighted by Gasteiger charge is -2.24. The molecule has 2 aromatic rings. The van der Waals surface area contributed by atoms with Crippen molar-refractivity contribution in [2.75, 3.05) is 7.11 Å². The molecule has 0 saturated carbocycles. The van der Waals surface area contributed by atoms with Crippen molar-refractivity contribution >= 4 is 10.0 Å². The summed E-state index contributed by atoms with van der Waals surface area (Å²) in [4.78, 5) is 4.21. The first-order chi connectivity index (χ1) is 11.1. The maximum absolute atomic E-state index is 12.7. The Morgan fingerprint density at radius 3 is 2.33 bits per heavy atom. The fourth-order valence-electron chi connectivity index (χ4n) is 2.46. The van der Waals surface area contributed by atoms with Crippen LogP contribution in [0.4, 0.5) is 0 Å². The fourth-order valence-corrected chi connectivity index (χ4v) is 3.73. The second kappa shape index (κ2) is 6.91. The smallest absolute Gasteiger partial charge is 0.241 e. The van der Waals surface area contributed by atoms with Gasteiger partial charge in [-0.3, -0.25) is 4.98 Å². The summed E-state index contributed by atoms with van der Waals surface area (Å²) >= 11 is 0. The molecule has 6 heteroatoms. The van der Waals surface area contributed by atoms with E-state index in [0.29, 0.717) is 11.3 Å². The zero-order valence-corrected chi connectivity index (χ0v) is 15.6. The van der Waals surface area contributed by atoms with Crippen LogP contribution in [0.5, 0.6) is 5.75 Å². The average Bonchev–Trinajstić information content (AvgIpc) is 2.52. The Morgan fingerprint density at radius 2 is 1.79 bits per heavy atom. The van der Waals surface area contributed by atoms with Crippen LogP contribution in [0.15, 0.2) is 41.6 Å². The maximum Gasteiger partial charge on any atom is 0.241 e. The molecular weight excluding hydrogens is 324 g/mol. The molecule has 0 atom stereocenters. The molecule has 0 unspecified atom stereocenters. The van der Waals surface area contributed by atoms with Crippen molar-refractivity contribution in [3.05, 3.63) is 53.3 Å². The van der Waals surface area contributed by atoms with Crippen LogP contribution in [0.1, 0.15) is 37.5 Å². The molecule has 1 aromatic heterocycles. The Labute approximate surface area is 144 Å². The largest absolute Gasteiger partial charge is 0.496 e. The molecule has 0 saturated heterocycles. The van der Waals surface area contributed by atoms with Crippen molar-refractivity contribution in [3.63, 3.8) is 0 Å². The van der Waals surface area contributed by atoms with Crippen molar-refractivity contribution in [2.24, 2.45) is 0 Å². The van der Waals surface area contributed by atoms with Crippen molar-refractivity contribution in [1.29, 1.82) is 0 Å². The molecule has 1 aromatic carbocycles. The number of nitrogens with one attached hydrogen (secondary N) is 1. The third kappa shape index (κ3) is 4.13. The predicted molar refractivity (Wildman–Crippen MR) is 94.7 cm³/mol. The highest BCUT2D eigenvalue weighted by Gasteiger charge is 2.25. The number of hydrogen-bond donors (Lipinski definition) is 1. The van der Waals surface area contributed by atoms with Crippen LogP contribution in [0.2, 0.25) is 0 Å².